The summed E-state index contributed by atoms with van der Waals surface area (Å²) in [5.74, 6) is -2.07. The van der Waals surface area contributed by atoms with Crippen LogP contribution >= 0.6 is 0 Å². The topological polar surface area (TPSA) is 142 Å². The normalized spacial score (nSPS) is 38.4. The van der Waals surface area contributed by atoms with E-state index in [1.165, 1.54) is 0 Å². The minimum atomic E-state index is -4.19. The average molecular weight is 321 g/mol. The van der Waals surface area contributed by atoms with Crippen LogP contribution < -0.4 is 5.73 Å². The third-order valence-corrected chi connectivity index (χ3v) is 4.78. The minimum Gasteiger partial charge on any atom is -0.455 e. The number of ether oxygens (including phenoxy) is 3. The monoisotopic (exact) mass is 321 g/mol. The summed E-state index contributed by atoms with van der Waals surface area (Å²) in [5.41, 5.74) is 5.53. The van der Waals surface area contributed by atoms with E-state index >= 15 is 0 Å². The van der Waals surface area contributed by atoms with Gasteiger partial charge in [0.1, 0.15) is 12.1 Å². The first-order chi connectivity index (χ1) is 9.76. The highest BCUT2D eigenvalue weighted by Gasteiger charge is 2.65. The van der Waals surface area contributed by atoms with Crippen LogP contribution in [-0.2, 0) is 33.9 Å². The fraction of sp³-hybridized carbons (Fsp3) is 0.818. The van der Waals surface area contributed by atoms with Gasteiger partial charge in [0.2, 0.25) is 0 Å². The summed E-state index contributed by atoms with van der Waals surface area (Å²) < 4.78 is 45.7. The Kier molecular flexibility index (Phi) is 3.43. The van der Waals surface area contributed by atoms with Crippen molar-refractivity contribution < 1.29 is 36.8 Å². The molecule has 6 unspecified atom stereocenters. The molecule has 9 nitrogen and oxygen atoms in total. The van der Waals surface area contributed by atoms with E-state index < -0.39 is 46.2 Å². The summed E-state index contributed by atoms with van der Waals surface area (Å²) in [6, 6.07) is -1.18. The molecule has 3 aliphatic rings. The molecule has 3 heterocycles. The summed E-state index contributed by atoms with van der Waals surface area (Å²) in [6.07, 6.45) is -1.91. The third-order valence-electron chi connectivity index (χ3n) is 4.03. The molecular formula is C11H15NO8S. The first-order valence-electron chi connectivity index (χ1n) is 6.53. The van der Waals surface area contributed by atoms with Gasteiger partial charge >= 0.3 is 11.9 Å². The van der Waals surface area contributed by atoms with Crippen LogP contribution in [0.3, 0.4) is 0 Å². The van der Waals surface area contributed by atoms with Crippen LogP contribution in [0, 0.1) is 5.92 Å². The fourth-order valence-electron chi connectivity index (χ4n) is 3.00. The van der Waals surface area contributed by atoms with Crippen molar-refractivity contribution in [3.63, 3.8) is 0 Å². The van der Waals surface area contributed by atoms with E-state index in [0.29, 0.717) is 6.42 Å². The van der Waals surface area contributed by atoms with Gasteiger partial charge in [-0.3, -0.25) is 14.1 Å². The van der Waals surface area contributed by atoms with Crippen LogP contribution in [0.2, 0.25) is 0 Å². The van der Waals surface area contributed by atoms with Gasteiger partial charge in [-0.25, -0.2) is 0 Å². The quantitative estimate of drug-likeness (QED) is 0.443. The van der Waals surface area contributed by atoms with Gasteiger partial charge in [0, 0.05) is 0 Å². The van der Waals surface area contributed by atoms with E-state index in [1.807, 2.05) is 0 Å². The van der Waals surface area contributed by atoms with Crippen LogP contribution in [0.25, 0.3) is 0 Å². The van der Waals surface area contributed by atoms with Crippen molar-refractivity contribution in [1.29, 1.82) is 0 Å². The maximum atomic E-state index is 11.8. The molecule has 3 rings (SSSR count). The lowest BCUT2D eigenvalue weighted by atomic mass is 9.88. The molecule has 118 valence electrons. The van der Waals surface area contributed by atoms with Crippen molar-refractivity contribution >= 4 is 22.1 Å². The highest BCUT2D eigenvalue weighted by Crippen LogP contribution is 2.47. The van der Waals surface area contributed by atoms with Crippen molar-refractivity contribution in [2.24, 2.45) is 11.7 Å². The van der Waals surface area contributed by atoms with Gasteiger partial charge < -0.3 is 19.9 Å². The second kappa shape index (κ2) is 4.90. The first-order valence-corrected chi connectivity index (χ1v) is 8.14. The molecule has 0 aromatic carbocycles. The molecule has 3 fully saturated rings. The number of fused-ring (bicyclic) bond motifs is 1. The molecule has 0 aliphatic carbocycles. The van der Waals surface area contributed by atoms with Crippen molar-refractivity contribution in [2.75, 3.05) is 5.75 Å². The second-order valence-electron chi connectivity index (χ2n) is 5.47. The molecule has 10 heteroatoms. The SMILES string of the molecule is NC(CCS(=O)(=O)O)C(=O)OC1C2CC3C(=O)OC1C3O2. The molecule has 0 aromatic rings. The molecule has 0 radical (unpaired) electrons. The van der Waals surface area contributed by atoms with Gasteiger partial charge in [0.15, 0.2) is 12.2 Å². The smallest absolute Gasteiger partial charge is 0.323 e. The molecule has 0 spiro atoms. The van der Waals surface area contributed by atoms with Crippen molar-refractivity contribution in [3.8, 4) is 0 Å². The Morgan fingerprint density at radius 1 is 1.48 bits per heavy atom. The van der Waals surface area contributed by atoms with Gasteiger partial charge in [-0.1, -0.05) is 0 Å². The summed E-state index contributed by atoms with van der Waals surface area (Å²) in [5, 5.41) is 0. The summed E-state index contributed by atoms with van der Waals surface area (Å²) >= 11 is 0. The molecule has 21 heavy (non-hydrogen) atoms. The van der Waals surface area contributed by atoms with Crippen LogP contribution in [0.5, 0.6) is 0 Å². The van der Waals surface area contributed by atoms with E-state index in [0.717, 1.165) is 0 Å². The predicted molar refractivity (Wildman–Crippen MR) is 65.5 cm³/mol. The number of hydrogen-bond acceptors (Lipinski definition) is 8. The molecule has 0 amide bonds. The van der Waals surface area contributed by atoms with Crippen molar-refractivity contribution in [3.05, 3.63) is 0 Å². The predicted octanol–water partition coefficient (Wildman–Crippen LogP) is -1.78. The average Bonchev–Trinajstić information content (AvgIpc) is 2.99. The lowest BCUT2D eigenvalue weighted by Crippen LogP contribution is -2.44. The largest absolute Gasteiger partial charge is 0.455 e. The van der Waals surface area contributed by atoms with Crippen LogP contribution in [0.15, 0.2) is 0 Å². The Balaban J connectivity index is 1.58. The van der Waals surface area contributed by atoms with E-state index in [4.69, 9.17) is 24.5 Å². The Labute approximate surface area is 120 Å². The highest BCUT2D eigenvalue weighted by molar-refractivity contribution is 7.85. The third kappa shape index (κ3) is 2.63. The lowest BCUT2D eigenvalue weighted by Gasteiger charge is -2.23. The lowest BCUT2D eigenvalue weighted by molar-refractivity contribution is -0.161. The molecule has 0 saturated carbocycles. The molecule has 3 aliphatic heterocycles. The van der Waals surface area contributed by atoms with Gasteiger partial charge in [-0.05, 0) is 12.8 Å². The Morgan fingerprint density at radius 3 is 2.86 bits per heavy atom. The van der Waals surface area contributed by atoms with Crippen molar-refractivity contribution in [1.82, 2.24) is 0 Å². The summed E-state index contributed by atoms with van der Waals surface area (Å²) in [7, 11) is -4.19. The fourth-order valence-corrected chi connectivity index (χ4v) is 3.55. The standard InChI is InChI=1S/C11H15NO8S/c12-5(1-2-21(15,16)17)11(14)19-8-6-3-4-7(18-6)9(8)20-10(4)13/h4-9H,1-3,12H2,(H,15,16,17). The maximum absolute atomic E-state index is 11.8. The van der Waals surface area contributed by atoms with Gasteiger partial charge in [0.05, 0.1) is 17.8 Å². The number of rotatable bonds is 5. The maximum Gasteiger partial charge on any atom is 0.323 e. The van der Waals surface area contributed by atoms with Crippen molar-refractivity contribution in [2.45, 2.75) is 43.3 Å². The highest BCUT2D eigenvalue weighted by atomic mass is 32.2. The Morgan fingerprint density at radius 2 is 2.19 bits per heavy atom. The molecular weight excluding hydrogens is 306 g/mol. The molecule has 6 atom stereocenters. The molecule has 3 N–H and O–H groups in total. The van der Waals surface area contributed by atoms with Gasteiger partial charge in [0.25, 0.3) is 10.1 Å². The Hall–Kier alpha value is -1.23. The van der Waals surface area contributed by atoms with E-state index in [1.54, 1.807) is 0 Å². The number of esters is 2. The zero-order valence-corrected chi connectivity index (χ0v) is 11.7. The van der Waals surface area contributed by atoms with E-state index in [9.17, 15) is 18.0 Å². The van der Waals surface area contributed by atoms with E-state index in [-0.39, 0.29) is 24.4 Å². The zero-order chi connectivity index (χ0) is 15.4. The second-order valence-corrected chi connectivity index (χ2v) is 7.04. The summed E-state index contributed by atoms with van der Waals surface area (Å²) in [4.78, 5) is 23.3. The Bertz CT molecular complexity index is 575. The van der Waals surface area contributed by atoms with Gasteiger partial charge in [-0.15, -0.1) is 0 Å². The molecule has 2 bridgehead atoms. The number of nitrogens with two attached hydrogens (primary N) is 1. The first kappa shape index (κ1) is 14.7. The minimum absolute atomic E-state index is 0.258. The molecule has 3 saturated heterocycles. The summed E-state index contributed by atoms with van der Waals surface area (Å²) in [6.45, 7) is 0. The zero-order valence-electron chi connectivity index (χ0n) is 10.9. The van der Waals surface area contributed by atoms with Crippen LogP contribution in [0.1, 0.15) is 12.8 Å². The number of hydrogen-bond donors (Lipinski definition) is 2. The number of carbonyl (C=O) groups is 2. The van der Waals surface area contributed by atoms with Crippen LogP contribution in [-0.4, -0.2) is 61.1 Å². The van der Waals surface area contributed by atoms with Crippen LogP contribution in [0.4, 0.5) is 0 Å². The molecule has 0 aromatic heterocycles. The van der Waals surface area contributed by atoms with Gasteiger partial charge in [-0.2, -0.15) is 8.42 Å². The van der Waals surface area contributed by atoms with E-state index in [2.05, 4.69) is 0 Å². The number of carbonyl (C=O) groups excluding carboxylic acids is 2.